The van der Waals surface area contributed by atoms with Crippen molar-refractivity contribution in [3.63, 3.8) is 0 Å². The molecular formula is C19H26N4O. The number of nitrogens with one attached hydrogen (secondary N) is 2. The predicted octanol–water partition coefficient (Wildman–Crippen LogP) is 2.64. The Hall–Kier alpha value is -1.88. The van der Waals surface area contributed by atoms with E-state index in [-0.39, 0.29) is 5.91 Å². The van der Waals surface area contributed by atoms with Crippen LogP contribution in [0.5, 0.6) is 0 Å². The fourth-order valence-corrected chi connectivity index (χ4v) is 4.22. The summed E-state index contributed by atoms with van der Waals surface area (Å²) < 4.78 is 2.32. The van der Waals surface area contributed by atoms with E-state index < -0.39 is 0 Å². The van der Waals surface area contributed by atoms with Gasteiger partial charge in [-0.2, -0.15) is 0 Å². The van der Waals surface area contributed by atoms with Gasteiger partial charge in [-0.15, -0.1) is 0 Å². The Bertz CT molecular complexity index is 696. The third-order valence-corrected chi connectivity index (χ3v) is 5.57. The Morgan fingerprint density at radius 1 is 1.25 bits per heavy atom. The van der Waals surface area contributed by atoms with Crippen LogP contribution in [0.1, 0.15) is 44.6 Å². The van der Waals surface area contributed by atoms with E-state index in [0.717, 1.165) is 50.8 Å². The summed E-state index contributed by atoms with van der Waals surface area (Å²) in [6.45, 7) is 2.05. The fraction of sp³-hybridized carbons (Fsp3) is 0.579. The van der Waals surface area contributed by atoms with Gasteiger partial charge in [-0.1, -0.05) is 0 Å². The van der Waals surface area contributed by atoms with Gasteiger partial charge in [0, 0.05) is 36.3 Å². The highest BCUT2D eigenvalue weighted by molar-refractivity contribution is 5.77. The Kier molecular flexibility index (Phi) is 4.52. The van der Waals surface area contributed by atoms with E-state index in [2.05, 4.69) is 38.5 Å². The number of hydrogen-bond acceptors (Lipinski definition) is 3. The maximum atomic E-state index is 12.2. The maximum Gasteiger partial charge on any atom is 0.220 e. The van der Waals surface area contributed by atoms with E-state index in [0.29, 0.717) is 24.4 Å². The zero-order chi connectivity index (χ0) is 16.4. The van der Waals surface area contributed by atoms with Gasteiger partial charge in [0.2, 0.25) is 5.91 Å². The zero-order valence-electron chi connectivity index (χ0n) is 14.1. The summed E-state index contributed by atoms with van der Waals surface area (Å²) in [5.41, 5.74) is 1.08. The average molecular weight is 326 g/mol. The van der Waals surface area contributed by atoms with Gasteiger partial charge in [0.15, 0.2) is 0 Å². The van der Waals surface area contributed by atoms with Crippen molar-refractivity contribution >= 4 is 16.9 Å². The van der Waals surface area contributed by atoms with Gasteiger partial charge < -0.3 is 15.2 Å². The average Bonchev–Trinajstić information content (AvgIpc) is 3.25. The van der Waals surface area contributed by atoms with Crippen LogP contribution in [0.25, 0.3) is 11.0 Å². The highest BCUT2D eigenvalue weighted by Gasteiger charge is 2.25. The third-order valence-electron chi connectivity index (χ3n) is 5.57. The van der Waals surface area contributed by atoms with E-state index in [1.54, 1.807) is 0 Å². The van der Waals surface area contributed by atoms with E-state index in [1.165, 1.54) is 5.39 Å². The van der Waals surface area contributed by atoms with E-state index in [9.17, 15) is 4.79 Å². The van der Waals surface area contributed by atoms with Gasteiger partial charge >= 0.3 is 0 Å². The van der Waals surface area contributed by atoms with Crippen molar-refractivity contribution in [2.24, 2.45) is 5.92 Å². The Morgan fingerprint density at radius 2 is 2.12 bits per heavy atom. The molecule has 0 spiro atoms. The third kappa shape index (κ3) is 3.31. The molecule has 1 atom stereocenters. The van der Waals surface area contributed by atoms with Crippen molar-refractivity contribution in [3.05, 3.63) is 30.6 Å². The predicted molar refractivity (Wildman–Crippen MR) is 94.8 cm³/mol. The van der Waals surface area contributed by atoms with Crippen molar-refractivity contribution in [1.82, 2.24) is 20.2 Å². The molecule has 4 rings (SSSR count). The summed E-state index contributed by atoms with van der Waals surface area (Å²) in [6, 6.07) is 7.09. The first-order valence-corrected chi connectivity index (χ1v) is 9.21. The Morgan fingerprint density at radius 3 is 2.92 bits per heavy atom. The molecule has 1 saturated carbocycles. The van der Waals surface area contributed by atoms with Crippen LogP contribution in [0.15, 0.2) is 30.6 Å². The summed E-state index contributed by atoms with van der Waals surface area (Å²) in [5.74, 6) is 0.763. The summed E-state index contributed by atoms with van der Waals surface area (Å²) in [7, 11) is 0. The number of nitrogens with zero attached hydrogens (tertiary/aromatic N) is 2. The van der Waals surface area contributed by atoms with Crippen LogP contribution in [0.4, 0.5) is 0 Å². The molecule has 5 nitrogen and oxygen atoms in total. The quantitative estimate of drug-likeness (QED) is 0.908. The van der Waals surface area contributed by atoms with Gasteiger partial charge in [-0.05, 0) is 69.3 Å². The molecule has 24 heavy (non-hydrogen) atoms. The summed E-state index contributed by atoms with van der Waals surface area (Å²) in [4.78, 5) is 16.7. The molecule has 2 aliphatic rings. The number of hydrogen-bond donors (Lipinski definition) is 2. The molecule has 2 aromatic rings. The summed E-state index contributed by atoms with van der Waals surface area (Å²) >= 11 is 0. The molecule has 2 aromatic heterocycles. The smallest absolute Gasteiger partial charge is 0.220 e. The lowest BCUT2D eigenvalue weighted by molar-refractivity contribution is -0.122. The molecule has 2 fully saturated rings. The van der Waals surface area contributed by atoms with Crippen molar-refractivity contribution in [2.45, 2.75) is 50.6 Å². The van der Waals surface area contributed by atoms with Crippen molar-refractivity contribution in [3.8, 4) is 0 Å². The van der Waals surface area contributed by atoms with Crippen LogP contribution < -0.4 is 10.6 Å². The minimum atomic E-state index is 0.236. The largest absolute Gasteiger partial charge is 0.353 e. The Balaban J connectivity index is 1.31. The minimum absolute atomic E-state index is 0.236. The van der Waals surface area contributed by atoms with Crippen LogP contribution in [-0.2, 0) is 4.79 Å². The van der Waals surface area contributed by atoms with Crippen LogP contribution in [-0.4, -0.2) is 34.6 Å². The normalized spacial score (nSPS) is 27.4. The second-order valence-corrected chi connectivity index (χ2v) is 7.28. The van der Waals surface area contributed by atoms with Crippen molar-refractivity contribution < 1.29 is 4.79 Å². The number of rotatable bonds is 4. The minimum Gasteiger partial charge on any atom is -0.353 e. The fourth-order valence-electron chi connectivity index (χ4n) is 4.22. The molecule has 1 saturated heterocycles. The Labute approximate surface area is 142 Å². The van der Waals surface area contributed by atoms with E-state index in [4.69, 9.17) is 0 Å². The molecule has 1 amide bonds. The number of carbonyl (C=O) groups excluding carboxylic acids is 1. The van der Waals surface area contributed by atoms with Crippen LogP contribution in [0, 0.1) is 5.92 Å². The lowest BCUT2D eigenvalue weighted by Gasteiger charge is -2.30. The van der Waals surface area contributed by atoms with E-state index >= 15 is 0 Å². The highest BCUT2D eigenvalue weighted by atomic mass is 16.1. The summed E-state index contributed by atoms with van der Waals surface area (Å²) in [6.07, 6.45) is 10.2. The first-order chi connectivity index (χ1) is 11.8. The number of carbonyl (C=O) groups is 1. The lowest BCUT2D eigenvalue weighted by Crippen LogP contribution is -2.38. The number of aromatic nitrogens is 2. The molecule has 2 N–H and O–H groups in total. The van der Waals surface area contributed by atoms with Crippen LogP contribution in [0.3, 0.4) is 0 Å². The molecule has 1 aliphatic heterocycles. The van der Waals surface area contributed by atoms with Crippen LogP contribution >= 0.6 is 0 Å². The first-order valence-electron chi connectivity index (χ1n) is 9.21. The number of pyridine rings is 1. The molecule has 3 heterocycles. The maximum absolute atomic E-state index is 12.2. The molecule has 5 heteroatoms. The first kappa shape index (κ1) is 15.6. The van der Waals surface area contributed by atoms with Crippen molar-refractivity contribution in [2.75, 3.05) is 13.1 Å². The molecule has 0 radical (unpaired) electrons. The van der Waals surface area contributed by atoms with E-state index in [1.807, 2.05) is 12.3 Å². The highest BCUT2D eigenvalue weighted by Crippen LogP contribution is 2.31. The van der Waals surface area contributed by atoms with Gasteiger partial charge in [0.05, 0.1) is 0 Å². The molecule has 128 valence electrons. The zero-order valence-corrected chi connectivity index (χ0v) is 14.1. The lowest BCUT2D eigenvalue weighted by atomic mass is 9.90. The SMILES string of the molecule is O=C(CC1CCNC1)NC1CCC(n2ccc3cccnc32)CC1. The second kappa shape index (κ2) is 6.93. The monoisotopic (exact) mass is 326 g/mol. The van der Waals surface area contributed by atoms with Crippen LogP contribution in [0.2, 0.25) is 0 Å². The molecule has 1 unspecified atom stereocenters. The second-order valence-electron chi connectivity index (χ2n) is 7.28. The van der Waals surface area contributed by atoms with Gasteiger partial charge in [-0.3, -0.25) is 4.79 Å². The standard InChI is InChI=1S/C19H26N4O/c24-18(12-14-7-10-20-13-14)22-16-3-5-17(6-4-16)23-11-8-15-2-1-9-21-19(15)23/h1-2,8-9,11,14,16-17,20H,3-7,10,12-13H2,(H,22,24). The van der Waals surface area contributed by atoms with Gasteiger partial charge in [0.1, 0.15) is 5.65 Å². The topological polar surface area (TPSA) is 59.0 Å². The molecular weight excluding hydrogens is 300 g/mol. The summed E-state index contributed by atoms with van der Waals surface area (Å²) in [5, 5.41) is 7.79. The number of amides is 1. The number of fused-ring (bicyclic) bond motifs is 1. The molecule has 0 bridgehead atoms. The van der Waals surface area contributed by atoms with Crippen molar-refractivity contribution in [1.29, 1.82) is 0 Å². The molecule has 0 aromatic carbocycles. The molecule has 1 aliphatic carbocycles. The van der Waals surface area contributed by atoms with Gasteiger partial charge in [0.25, 0.3) is 0 Å². The van der Waals surface area contributed by atoms with Gasteiger partial charge in [-0.25, -0.2) is 4.98 Å².